The molecule has 12 heteroatoms. The molecule has 4 spiro atoms. The van der Waals surface area contributed by atoms with Crippen LogP contribution in [0, 0.1) is 0 Å². The molecule has 0 aromatic carbocycles. The lowest BCUT2D eigenvalue weighted by atomic mass is 9.81. The molecule has 0 aromatic rings. The summed E-state index contributed by atoms with van der Waals surface area (Å²) in [6.07, 6.45) is -0.530. The first-order chi connectivity index (χ1) is 10.5. The van der Waals surface area contributed by atoms with E-state index in [-0.39, 0.29) is 0 Å². The molecule has 0 amide bonds. The molecule has 0 bridgehead atoms. The second-order valence-electron chi connectivity index (χ2n) is 5.80. The van der Waals surface area contributed by atoms with E-state index in [2.05, 4.69) is 6.58 Å². The third kappa shape index (κ3) is 0.997. The summed E-state index contributed by atoms with van der Waals surface area (Å²) >= 11 is 0. The van der Waals surface area contributed by atoms with Gasteiger partial charge in [-0.15, -0.1) is 0 Å². The molecular formula is C10H8O12. The number of hydrogen-bond acceptors (Lipinski definition) is 12. The van der Waals surface area contributed by atoms with E-state index >= 15 is 0 Å². The quantitative estimate of drug-likeness (QED) is 0.379. The van der Waals surface area contributed by atoms with E-state index in [0.29, 0.717) is 6.42 Å². The van der Waals surface area contributed by atoms with Crippen LogP contribution < -0.4 is 0 Å². The fraction of sp³-hybridized carbons (Fsp3) is 0.800. The molecule has 6 saturated heterocycles. The first-order valence-electron chi connectivity index (χ1n) is 6.37. The zero-order chi connectivity index (χ0) is 14.8. The first-order valence-corrected chi connectivity index (χ1v) is 6.37. The zero-order valence-corrected chi connectivity index (χ0v) is 10.9. The van der Waals surface area contributed by atoms with Crippen LogP contribution in [0.4, 0.5) is 0 Å². The SMILES string of the molecule is C=C(C)CC1([C@@H]2OO[C@@]23OO[C@]32OO[C@]23OOC32OO2)OO1. The van der Waals surface area contributed by atoms with Crippen molar-refractivity contribution in [1.29, 1.82) is 0 Å². The third-order valence-electron chi connectivity index (χ3n) is 4.22. The van der Waals surface area contributed by atoms with Gasteiger partial charge >= 0.3 is 23.3 Å². The van der Waals surface area contributed by atoms with Gasteiger partial charge in [0.2, 0.25) is 6.10 Å². The van der Waals surface area contributed by atoms with E-state index in [4.69, 9.17) is 58.7 Å². The minimum Gasteiger partial charge on any atom is -0.218 e. The molecule has 0 radical (unpaired) electrons. The molecule has 6 aliphatic rings. The Morgan fingerprint density at radius 2 is 1.45 bits per heavy atom. The zero-order valence-electron chi connectivity index (χ0n) is 10.9. The fourth-order valence-electron chi connectivity index (χ4n) is 2.98. The minimum atomic E-state index is -1.70. The Bertz CT molecular complexity index is 587. The van der Waals surface area contributed by atoms with Gasteiger partial charge in [-0.3, -0.25) is 0 Å². The van der Waals surface area contributed by atoms with Gasteiger partial charge in [-0.05, 0) is 6.92 Å². The van der Waals surface area contributed by atoms with E-state index in [1.165, 1.54) is 0 Å². The van der Waals surface area contributed by atoms with E-state index in [0.717, 1.165) is 5.57 Å². The highest BCUT2D eigenvalue weighted by Crippen LogP contribution is 2.73. The van der Waals surface area contributed by atoms with Crippen LogP contribution in [0.2, 0.25) is 0 Å². The van der Waals surface area contributed by atoms with Gasteiger partial charge in [-0.1, -0.05) is 12.2 Å². The largest absolute Gasteiger partial charge is 0.431 e. The fourth-order valence-corrected chi connectivity index (χ4v) is 2.98. The predicted octanol–water partition coefficient (Wildman–Crippen LogP) is -0.469. The van der Waals surface area contributed by atoms with E-state index < -0.39 is 35.2 Å². The molecule has 6 rings (SSSR count). The lowest BCUT2D eigenvalue weighted by molar-refractivity contribution is -0.905. The van der Waals surface area contributed by atoms with Gasteiger partial charge in [-0.2, -0.15) is 53.8 Å². The van der Waals surface area contributed by atoms with Gasteiger partial charge in [0.1, 0.15) is 0 Å². The van der Waals surface area contributed by atoms with E-state index in [1.54, 1.807) is 6.92 Å². The molecule has 12 nitrogen and oxygen atoms in total. The normalized spacial score (nSPS) is 54.5. The number of fused-ring (bicyclic) bond motifs is 3. The molecule has 0 N–H and O–H groups in total. The summed E-state index contributed by atoms with van der Waals surface area (Å²) in [7, 11) is 0. The van der Waals surface area contributed by atoms with Gasteiger partial charge in [0.15, 0.2) is 0 Å². The summed E-state index contributed by atoms with van der Waals surface area (Å²) in [5.41, 5.74) is 0.798. The van der Waals surface area contributed by atoms with Crippen LogP contribution in [0.1, 0.15) is 13.3 Å². The topological polar surface area (TPSA) is 124 Å². The maximum Gasteiger partial charge on any atom is 0.431 e. The van der Waals surface area contributed by atoms with Gasteiger partial charge in [-0.25, -0.2) is 4.89 Å². The van der Waals surface area contributed by atoms with Crippen LogP contribution in [0.25, 0.3) is 0 Å². The standard InChI is InChI=1S/C10H8O12/c1-4(2)3-6(12-13-6)5-7(14-11-5)8(16-15-7)9(18-17-8)10(20-19-9)21-22-10/h5H,1,3H2,2H3/t5-,7+,8-,9-/m0/s1. The van der Waals surface area contributed by atoms with Crippen molar-refractivity contribution in [2.75, 3.05) is 0 Å². The Morgan fingerprint density at radius 1 is 0.818 bits per heavy atom. The van der Waals surface area contributed by atoms with Crippen molar-refractivity contribution < 1.29 is 58.7 Å². The molecule has 22 heavy (non-hydrogen) atoms. The van der Waals surface area contributed by atoms with Gasteiger partial charge < -0.3 is 0 Å². The minimum absolute atomic E-state index is 0.339. The Kier molecular flexibility index (Phi) is 1.86. The Morgan fingerprint density at radius 3 is 1.77 bits per heavy atom. The lowest BCUT2D eigenvalue weighted by Crippen LogP contribution is -2.97. The Balaban J connectivity index is 1.35. The Labute approximate surface area is 120 Å². The average Bonchev–Trinajstić information content (AvgIpc) is 3.17. The maximum absolute atomic E-state index is 5.10. The van der Waals surface area contributed by atoms with E-state index in [9.17, 15) is 0 Å². The smallest absolute Gasteiger partial charge is 0.218 e. The maximum atomic E-state index is 5.10. The van der Waals surface area contributed by atoms with Crippen molar-refractivity contribution in [3.63, 3.8) is 0 Å². The summed E-state index contributed by atoms with van der Waals surface area (Å²) in [5, 5.41) is 0. The summed E-state index contributed by atoms with van der Waals surface area (Å²) in [6, 6.07) is 0. The molecule has 0 unspecified atom stereocenters. The molecule has 0 aliphatic carbocycles. The van der Waals surface area contributed by atoms with Crippen LogP contribution in [-0.4, -0.2) is 35.2 Å². The molecule has 0 aromatic heterocycles. The molecule has 120 valence electrons. The monoisotopic (exact) mass is 320 g/mol. The summed E-state index contributed by atoms with van der Waals surface area (Å²) < 4.78 is 0. The second kappa shape index (κ2) is 3.23. The predicted molar refractivity (Wildman–Crippen MR) is 49.9 cm³/mol. The van der Waals surface area contributed by atoms with Crippen LogP contribution >= 0.6 is 0 Å². The van der Waals surface area contributed by atoms with Crippen molar-refractivity contribution in [3.8, 4) is 0 Å². The molecule has 6 aliphatic heterocycles. The summed E-state index contributed by atoms with van der Waals surface area (Å²) in [5.74, 6) is -7.69. The molecule has 0 saturated carbocycles. The van der Waals surface area contributed by atoms with Crippen molar-refractivity contribution >= 4 is 0 Å². The number of rotatable bonds is 3. The third-order valence-corrected chi connectivity index (χ3v) is 4.22. The van der Waals surface area contributed by atoms with Crippen LogP contribution in [0.15, 0.2) is 12.2 Å². The summed E-state index contributed by atoms with van der Waals surface area (Å²) in [4.78, 5) is 59.6. The summed E-state index contributed by atoms with van der Waals surface area (Å²) in [6.45, 7) is 5.61. The van der Waals surface area contributed by atoms with Crippen LogP contribution in [0.5, 0.6) is 0 Å². The first kappa shape index (κ1) is 12.7. The van der Waals surface area contributed by atoms with Crippen LogP contribution in [0.3, 0.4) is 0 Å². The highest BCUT2D eigenvalue weighted by Gasteiger charge is 3.06. The van der Waals surface area contributed by atoms with Crippen molar-refractivity contribution in [2.24, 2.45) is 0 Å². The Hall–Kier alpha value is -0.740. The van der Waals surface area contributed by atoms with Crippen molar-refractivity contribution in [1.82, 2.24) is 0 Å². The molecular weight excluding hydrogens is 312 g/mol. The van der Waals surface area contributed by atoms with E-state index in [1.807, 2.05) is 0 Å². The van der Waals surface area contributed by atoms with Crippen LogP contribution in [-0.2, 0) is 58.7 Å². The second-order valence-corrected chi connectivity index (χ2v) is 5.80. The number of hydrogen-bond donors (Lipinski definition) is 0. The van der Waals surface area contributed by atoms with Gasteiger partial charge in [0, 0.05) is 6.42 Å². The molecule has 4 atom stereocenters. The average molecular weight is 320 g/mol. The van der Waals surface area contributed by atoms with Crippen molar-refractivity contribution in [2.45, 2.75) is 48.6 Å². The highest BCUT2D eigenvalue weighted by atomic mass is 17.6. The van der Waals surface area contributed by atoms with Crippen molar-refractivity contribution in [3.05, 3.63) is 12.2 Å². The lowest BCUT2D eigenvalue weighted by Gasteiger charge is -2.68. The molecule has 6 heterocycles. The molecule has 6 fully saturated rings. The van der Waals surface area contributed by atoms with Gasteiger partial charge in [0.25, 0.3) is 5.79 Å². The highest BCUT2D eigenvalue weighted by molar-refractivity contribution is 5.20. The van der Waals surface area contributed by atoms with Gasteiger partial charge in [0.05, 0.1) is 0 Å².